The van der Waals surface area contributed by atoms with Gasteiger partial charge in [0.1, 0.15) is 41.7 Å². The Balaban J connectivity index is 1.95. The average Bonchev–Trinajstić information content (AvgIpc) is 3.71. The zero-order chi connectivity index (χ0) is 44.4. The number of carbonyl (C=O) groups is 7. The Morgan fingerprint density at radius 2 is 1.10 bits per heavy atom. The third-order valence-electron chi connectivity index (χ3n) is 9.27. The number of rotatable bonds is 25. The number of benzene rings is 2. The molecule has 1 heterocycles. The van der Waals surface area contributed by atoms with Crippen molar-refractivity contribution in [2.24, 2.45) is 17.4 Å². The number of phenols is 2. The molecule has 20 nitrogen and oxygen atoms in total. The lowest BCUT2D eigenvalue weighted by atomic mass is 9.99. The number of imidazole rings is 1. The molecule has 6 atom stereocenters. The number of nitrogens with one attached hydrogen (secondary N) is 6. The number of aromatic amines is 1. The van der Waals surface area contributed by atoms with E-state index in [4.69, 9.17) is 11.5 Å². The van der Waals surface area contributed by atoms with Crippen LogP contribution >= 0.6 is 0 Å². The number of aromatic nitrogens is 2. The van der Waals surface area contributed by atoms with Gasteiger partial charge in [-0.25, -0.2) is 9.78 Å². The molecule has 1 aromatic heterocycles. The molecule has 60 heavy (non-hydrogen) atoms. The van der Waals surface area contributed by atoms with Gasteiger partial charge in [0.25, 0.3) is 0 Å². The van der Waals surface area contributed by atoms with Gasteiger partial charge in [-0.3, -0.25) is 28.8 Å². The summed E-state index contributed by atoms with van der Waals surface area (Å²) in [5, 5.41) is 51.2. The monoisotopic (exact) mass is 837 g/mol. The third kappa shape index (κ3) is 16.4. The van der Waals surface area contributed by atoms with E-state index in [9.17, 15) is 54.0 Å². The number of hydrogen-bond acceptors (Lipinski definition) is 12. The van der Waals surface area contributed by atoms with Gasteiger partial charge in [0, 0.05) is 31.2 Å². The average molecular weight is 838 g/mol. The maximum absolute atomic E-state index is 14.3. The maximum Gasteiger partial charge on any atom is 0.326 e. The molecule has 14 N–H and O–H groups in total. The number of carboxylic acids is 2. The molecule has 0 saturated carbocycles. The van der Waals surface area contributed by atoms with Crippen molar-refractivity contribution in [1.29, 1.82) is 0 Å². The first-order valence-electron chi connectivity index (χ1n) is 19.4. The summed E-state index contributed by atoms with van der Waals surface area (Å²) in [6.07, 6.45) is 2.96. The summed E-state index contributed by atoms with van der Waals surface area (Å²) in [6.45, 7) is 4.12. The standard InChI is InChI=1S/C40H55N9O11/c1-22(2)15-29(45-35(54)28(42)5-3-4-14-41)36(55)46-30(16-23-6-10-26(50)11-7-23)37(56)48-32(18-25-20-43-21-44-25)39(58)47-31(17-24-8-12-27(51)13-9-24)38(57)49-33(40(59)60)19-34(52)53/h6-13,20-22,28-33,50-51H,3-5,14-19,41-42H2,1-2H3,(H,43,44)(H,45,54)(H,46,55)(H,47,58)(H,48,56)(H,49,57)(H,52,53)(H,59,60)/t28-,29-,30-,31-,32-,33-/m0/s1. The molecule has 20 heteroatoms. The normalized spacial score (nSPS) is 14.1. The van der Waals surface area contributed by atoms with Gasteiger partial charge in [-0.05, 0) is 67.1 Å². The van der Waals surface area contributed by atoms with E-state index in [-0.39, 0.29) is 43.1 Å². The zero-order valence-electron chi connectivity index (χ0n) is 33.4. The second-order valence-electron chi connectivity index (χ2n) is 14.8. The Kier molecular flexibility index (Phi) is 18.9. The fraction of sp³-hybridized carbons (Fsp3) is 0.450. The molecule has 5 amide bonds. The molecule has 0 unspecified atom stereocenters. The van der Waals surface area contributed by atoms with Gasteiger partial charge in [-0.15, -0.1) is 0 Å². The van der Waals surface area contributed by atoms with Crippen LogP contribution in [0.25, 0.3) is 0 Å². The van der Waals surface area contributed by atoms with Crippen LogP contribution in [-0.2, 0) is 52.8 Å². The number of amides is 5. The fourth-order valence-electron chi connectivity index (χ4n) is 6.06. The number of carboxylic acid groups (broad SMARTS) is 2. The maximum atomic E-state index is 14.3. The molecule has 2 aromatic carbocycles. The largest absolute Gasteiger partial charge is 0.508 e. The van der Waals surface area contributed by atoms with Crippen molar-refractivity contribution in [1.82, 2.24) is 36.6 Å². The van der Waals surface area contributed by atoms with Crippen LogP contribution in [0.5, 0.6) is 11.5 Å². The Bertz CT molecular complexity index is 1890. The fourth-order valence-corrected chi connectivity index (χ4v) is 6.06. The van der Waals surface area contributed by atoms with Crippen molar-refractivity contribution in [3.05, 3.63) is 77.9 Å². The first-order valence-corrected chi connectivity index (χ1v) is 19.4. The summed E-state index contributed by atoms with van der Waals surface area (Å²) in [5.74, 6) is -7.45. The summed E-state index contributed by atoms with van der Waals surface area (Å²) in [6, 6.07) is 3.20. The minimum atomic E-state index is -1.85. The SMILES string of the molecule is CC(C)C[C@H](NC(=O)[C@@H](N)CCCCN)C(=O)N[C@@H](Cc1ccc(O)cc1)C(=O)N[C@@H](Cc1cnc[nH]1)C(=O)N[C@@H](Cc1ccc(O)cc1)C(=O)N[C@@H](CC(=O)O)C(=O)O. The Labute approximate surface area is 346 Å². The number of aliphatic carboxylic acids is 2. The number of carbonyl (C=O) groups excluding carboxylic acids is 5. The van der Waals surface area contributed by atoms with Crippen molar-refractivity contribution in [2.75, 3.05) is 6.54 Å². The van der Waals surface area contributed by atoms with E-state index in [0.29, 0.717) is 42.6 Å². The minimum Gasteiger partial charge on any atom is -0.508 e. The van der Waals surface area contributed by atoms with E-state index in [0.717, 1.165) is 0 Å². The summed E-state index contributed by atoms with van der Waals surface area (Å²) < 4.78 is 0. The number of nitrogens with two attached hydrogens (primary N) is 2. The summed E-state index contributed by atoms with van der Waals surface area (Å²) >= 11 is 0. The molecule has 0 aliphatic heterocycles. The molecule has 326 valence electrons. The lowest BCUT2D eigenvalue weighted by Gasteiger charge is -2.27. The molecule has 0 aliphatic rings. The van der Waals surface area contributed by atoms with Gasteiger partial charge >= 0.3 is 11.9 Å². The predicted octanol–water partition coefficient (Wildman–Crippen LogP) is -0.665. The van der Waals surface area contributed by atoms with Crippen LogP contribution in [0.15, 0.2) is 61.1 Å². The zero-order valence-corrected chi connectivity index (χ0v) is 33.4. The molecule has 0 fully saturated rings. The molecule has 0 spiro atoms. The molecule has 3 rings (SSSR count). The number of aromatic hydroxyl groups is 2. The molecule has 0 saturated heterocycles. The first-order chi connectivity index (χ1) is 28.4. The van der Waals surface area contributed by atoms with Crippen LogP contribution in [0.2, 0.25) is 0 Å². The summed E-state index contributed by atoms with van der Waals surface area (Å²) in [7, 11) is 0. The highest BCUT2D eigenvalue weighted by molar-refractivity contribution is 5.97. The molecule has 3 aromatic rings. The molecule has 0 bridgehead atoms. The summed E-state index contributed by atoms with van der Waals surface area (Å²) in [5.41, 5.74) is 13.0. The van der Waals surface area contributed by atoms with Crippen LogP contribution in [0.3, 0.4) is 0 Å². The lowest BCUT2D eigenvalue weighted by Crippen LogP contribution is -2.60. The molecular weight excluding hydrogens is 782 g/mol. The van der Waals surface area contributed by atoms with E-state index in [2.05, 4.69) is 36.6 Å². The Morgan fingerprint density at radius 1 is 0.650 bits per heavy atom. The smallest absolute Gasteiger partial charge is 0.326 e. The molecular formula is C40H55N9O11. The highest BCUT2D eigenvalue weighted by atomic mass is 16.4. The lowest BCUT2D eigenvalue weighted by molar-refractivity contribution is -0.147. The van der Waals surface area contributed by atoms with Crippen LogP contribution in [-0.4, -0.2) is 115 Å². The number of nitrogens with zero attached hydrogens (tertiary/aromatic N) is 1. The van der Waals surface area contributed by atoms with Crippen molar-refractivity contribution >= 4 is 41.5 Å². The van der Waals surface area contributed by atoms with Crippen molar-refractivity contribution < 1.29 is 54.0 Å². The first kappa shape index (κ1) is 47.8. The Morgan fingerprint density at radius 3 is 1.52 bits per heavy atom. The van der Waals surface area contributed by atoms with E-state index < -0.39 is 84.1 Å². The van der Waals surface area contributed by atoms with Crippen molar-refractivity contribution in [2.45, 2.75) is 101 Å². The van der Waals surface area contributed by atoms with Gasteiger partial charge in [0.05, 0.1) is 18.8 Å². The second kappa shape index (κ2) is 23.8. The number of hydrogen-bond donors (Lipinski definition) is 12. The summed E-state index contributed by atoms with van der Waals surface area (Å²) in [4.78, 5) is 98.9. The highest BCUT2D eigenvalue weighted by Gasteiger charge is 2.34. The van der Waals surface area contributed by atoms with Crippen molar-refractivity contribution in [3.8, 4) is 11.5 Å². The quantitative estimate of drug-likeness (QED) is 0.0472. The minimum absolute atomic E-state index is 0.0499. The third-order valence-corrected chi connectivity index (χ3v) is 9.27. The van der Waals surface area contributed by atoms with Crippen LogP contribution in [0, 0.1) is 5.92 Å². The van der Waals surface area contributed by atoms with Crippen LogP contribution < -0.4 is 38.1 Å². The molecule has 0 aliphatic carbocycles. The predicted molar refractivity (Wildman–Crippen MR) is 216 cm³/mol. The van der Waals surface area contributed by atoms with E-state index in [1.54, 1.807) is 0 Å². The van der Waals surface area contributed by atoms with Gasteiger partial charge in [-0.2, -0.15) is 0 Å². The second-order valence-corrected chi connectivity index (χ2v) is 14.8. The van der Waals surface area contributed by atoms with Gasteiger partial charge in [-0.1, -0.05) is 44.5 Å². The number of phenolic OH excluding ortho intramolecular Hbond substituents is 2. The topological polar surface area (TPSA) is 341 Å². The van der Waals surface area contributed by atoms with Gasteiger partial charge in [0.15, 0.2) is 0 Å². The number of unbranched alkanes of at least 4 members (excludes halogenated alkanes) is 1. The van der Waals surface area contributed by atoms with Gasteiger partial charge in [0.2, 0.25) is 29.5 Å². The van der Waals surface area contributed by atoms with E-state index >= 15 is 0 Å². The van der Waals surface area contributed by atoms with E-state index in [1.807, 2.05) is 13.8 Å². The van der Waals surface area contributed by atoms with Crippen LogP contribution in [0.1, 0.15) is 62.8 Å². The molecule has 0 radical (unpaired) electrons. The van der Waals surface area contributed by atoms with Gasteiger partial charge < -0.3 is 63.5 Å². The number of H-pyrrole nitrogens is 1. The van der Waals surface area contributed by atoms with E-state index in [1.165, 1.54) is 61.1 Å². The van der Waals surface area contributed by atoms with Crippen LogP contribution in [0.4, 0.5) is 0 Å². The van der Waals surface area contributed by atoms with Crippen molar-refractivity contribution in [3.63, 3.8) is 0 Å². The Hall–Kier alpha value is -6.54. The highest BCUT2D eigenvalue weighted by Crippen LogP contribution is 2.15.